The Kier molecular flexibility index (Phi) is 4.45. The lowest BCUT2D eigenvalue weighted by Crippen LogP contribution is -2.31. The summed E-state index contributed by atoms with van der Waals surface area (Å²) in [7, 11) is 2.07. The van der Waals surface area contributed by atoms with Crippen LogP contribution in [0.25, 0.3) is 0 Å². The predicted octanol–water partition coefficient (Wildman–Crippen LogP) is 2.18. The van der Waals surface area contributed by atoms with E-state index in [2.05, 4.69) is 21.8 Å². The summed E-state index contributed by atoms with van der Waals surface area (Å²) in [5, 5.41) is 10.3. The zero-order valence-corrected chi connectivity index (χ0v) is 13.4. The van der Waals surface area contributed by atoms with Gasteiger partial charge in [-0.05, 0) is 45.2 Å². The highest BCUT2D eigenvalue weighted by molar-refractivity contribution is 7.15. The minimum absolute atomic E-state index is 0.397. The van der Waals surface area contributed by atoms with Crippen LogP contribution in [0.1, 0.15) is 42.2 Å². The molecule has 0 bridgehead atoms. The van der Waals surface area contributed by atoms with Gasteiger partial charge in [-0.2, -0.15) is 0 Å². The maximum absolute atomic E-state index is 11.3. The van der Waals surface area contributed by atoms with Gasteiger partial charge in [0.25, 0.3) is 0 Å². The topological polar surface area (TPSA) is 56.7 Å². The van der Waals surface area contributed by atoms with E-state index in [1.54, 1.807) is 11.3 Å². The molecule has 1 aliphatic carbocycles. The third-order valence-electron chi connectivity index (χ3n) is 4.52. The van der Waals surface area contributed by atoms with Crippen molar-refractivity contribution in [3.63, 3.8) is 0 Å². The summed E-state index contributed by atoms with van der Waals surface area (Å²) in [6.45, 7) is 4.46. The van der Waals surface area contributed by atoms with E-state index in [0.717, 1.165) is 43.2 Å². The molecule has 5 nitrogen and oxygen atoms in total. The van der Waals surface area contributed by atoms with Crippen molar-refractivity contribution in [2.45, 2.75) is 38.0 Å². The predicted molar refractivity (Wildman–Crippen MR) is 84.4 cm³/mol. The summed E-state index contributed by atoms with van der Waals surface area (Å²) in [4.78, 5) is 21.8. The van der Waals surface area contributed by atoms with Crippen molar-refractivity contribution >= 4 is 22.4 Å². The molecule has 116 valence electrons. The number of rotatable bonds is 5. The Morgan fingerprint density at radius 3 is 2.90 bits per heavy atom. The Balaban J connectivity index is 1.66. The molecule has 0 radical (unpaired) electrons. The molecule has 1 N–H and O–H groups in total. The van der Waals surface area contributed by atoms with Gasteiger partial charge < -0.3 is 14.9 Å². The monoisotopic (exact) mass is 309 g/mol. The number of likely N-dealkylation sites (tertiary alicyclic amines) is 1. The zero-order valence-electron chi connectivity index (χ0n) is 12.5. The van der Waals surface area contributed by atoms with E-state index >= 15 is 0 Å². The maximum Gasteiger partial charge on any atom is 0.312 e. The lowest BCUT2D eigenvalue weighted by Gasteiger charge is -2.20. The van der Waals surface area contributed by atoms with Gasteiger partial charge in [0.05, 0.1) is 5.69 Å². The number of anilines is 1. The molecule has 1 fully saturated rings. The second kappa shape index (κ2) is 6.32. The van der Waals surface area contributed by atoms with Gasteiger partial charge in [0, 0.05) is 25.0 Å². The van der Waals surface area contributed by atoms with Crippen LogP contribution in [0.15, 0.2) is 0 Å². The number of aryl methyl sites for hydroxylation is 1. The van der Waals surface area contributed by atoms with Gasteiger partial charge in [-0.25, -0.2) is 4.98 Å². The number of carboxylic acid groups (broad SMARTS) is 1. The van der Waals surface area contributed by atoms with Crippen molar-refractivity contribution < 1.29 is 9.90 Å². The van der Waals surface area contributed by atoms with Gasteiger partial charge in [-0.15, -0.1) is 11.3 Å². The highest BCUT2D eigenvalue weighted by Crippen LogP contribution is 2.37. The first-order valence-corrected chi connectivity index (χ1v) is 8.62. The van der Waals surface area contributed by atoms with Crippen molar-refractivity contribution in [3.8, 4) is 0 Å². The molecular formula is C15H23N3O2S. The molecule has 2 aliphatic rings. The first kappa shape index (κ1) is 14.8. The van der Waals surface area contributed by atoms with Gasteiger partial charge in [0.1, 0.15) is 5.92 Å². The fourth-order valence-corrected chi connectivity index (χ4v) is 4.35. The SMILES string of the molecule is CN(CCN1CCCC1)c1nc2c(s1)CCCC2C(=O)O. The summed E-state index contributed by atoms with van der Waals surface area (Å²) in [6.07, 6.45) is 5.30. The summed E-state index contributed by atoms with van der Waals surface area (Å²) in [5.74, 6) is -1.13. The van der Waals surface area contributed by atoms with Crippen LogP contribution in [0.2, 0.25) is 0 Å². The Morgan fingerprint density at radius 1 is 1.43 bits per heavy atom. The largest absolute Gasteiger partial charge is 0.481 e. The number of nitrogens with zero attached hydrogens (tertiary/aromatic N) is 3. The third-order valence-corrected chi connectivity index (χ3v) is 5.76. The van der Waals surface area contributed by atoms with Crippen LogP contribution in [0.3, 0.4) is 0 Å². The smallest absolute Gasteiger partial charge is 0.312 e. The van der Waals surface area contributed by atoms with Crippen LogP contribution in [-0.4, -0.2) is 54.2 Å². The molecule has 1 aromatic heterocycles. The Hall–Kier alpha value is -1.14. The molecule has 0 aromatic carbocycles. The number of likely N-dealkylation sites (N-methyl/N-ethyl adjacent to an activating group) is 1. The van der Waals surface area contributed by atoms with Crippen LogP contribution < -0.4 is 4.90 Å². The number of hydrogen-bond acceptors (Lipinski definition) is 5. The quantitative estimate of drug-likeness (QED) is 0.903. The van der Waals surface area contributed by atoms with Crippen LogP contribution in [0.5, 0.6) is 0 Å². The second-order valence-corrected chi connectivity index (χ2v) is 7.12. The second-order valence-electron chi connectivity index (χ2n) is 6.06. The molecule has 6 heteroatoms. The molecule has 21 heavy (non-hydrogen) atoms. The average molecular weight is 309 g/mol. The Labute approximate surface area is 129 Å². The Bertz CT molecular complexity index is 511. The average Bonchev–Trinajstić information content (AvgIpc) is 3.12. The van der Waals surface area contributed by atoms with Crippen LogP contribution in [0.4, 0.5) is 5.13 Å². The van der Waals surface area contributed by atoms with Crippen molar-refractivity contribution in [1.82, 2.24) is 9.88 Å². The van der Waals surface area contributed by atoms with E-state index < -0.39 is 11.9 Å². The van der Waals surface area contributed by atoms with Gasteiger partial charge in [-0.1, -0.05) is 0 Å². The number of fused-ring (bicyclic) bond motifs is 1. The molecule has 0 amide bonds. The Morgan fingerprint density at radius 2 is 2.19 bits per heavy atom. The number of aromatic nitrogens is 1. The maximum atomic E-state index is 11.3. The van der Waals surface area contributed by atoms with Gasteiger partial charge >= 0.3 is 5.97 Å². The highest BCUT2D eigenvalue weighted by atomic mass is 32.1. The van der Waals surface area contributed by atoms with Crippen LogP contribution in [-0.2, 0) is 11.2 Å². The summed E-state index contributed by atoms with van der Waals surface area (Å²) in [6, 6.07) is 0. The standard InChI is InChI=1S/C15H23N3O2S/c1-17(9-10-18-7-2-3-8-18)15-16-13-11(14(19)20)5-4-6-12(13)21-15/h11H,2-10H2,1H3,(H,19,20). The molecule has 0 spiro atoms. The molecular weight excluding hydrogens is 286 g/mol. The number of aliphatic carboxylic acids is 1. The van der Waals surface area contributed by atoms with Crippen LogP contribution in [0, 0.1) is 0 Å². The molecule has 1 aliphatic heterocycles. The summed E-state index contributed by atoms with van der Waals surface area (Å²) >= 11 is 1.68. The van der Waals surface area contributed by atoms with Crippen molar-refractivity contribution in [2.24, 2.45) is 0 Å². The van der Waals surface area contributed by atoms with E-state index in [0.29, 0.717) is 0 Å². The fourth-order valence-electron chi connectivity index (χ4n) is 3.20. The third kappa shape index (κ3) is 3.21. The lowest BCUT2D eigenvalue weighted by atomic mass is 9.91. The van der Waals surface area contributed by atoms with Crippen molar-refractivity contribution in [2.75, 3.05) is 38.1 Å². The lowest BCUT2D eigenvalue weighted by molar-refractivity contribution is -0.139. The van der Waals surface area contributed by atoms with Gasteiger partial charge in [0.15, 0.2) is 5.13 Å². The van der Waals surface area contributed by atoms with Crippen molar-refractivity contribution in [3.05, 3.63) is 10.6 Å². The molecule has 1 unspecified atom stereocenters. The molecule has 1 aromatic rings. The van der Waals surface area contributed by atoms with E-state index in [-0.39, 0.29) is 0 Å². The van der Waals surface area contributed by atoms with E-state index in [9.17, 15) is 9.90 Å². The van der Waals surface area contributed by atoms with E-state index in [1.807, 2.05) is 0 Å². The first-order valence-electron chi connectivity index (χ1n) is 7.81. The zero-order chi connectivity index (χ0) is 14.8. The molecule has 1 saturated heterocycles. The molecule has 1 atom stereocenters. The minimum Gasteiger partial charge on any atom is -0.481 e. The van der Waals surface area contributed by atoms with Gasteiger partial charge in [0.2, 0.25) is 0 Å². The normalized spacial score (nSPS) is 22.2. The first-order chi connectivity index (χ1) is 10.1. The van der Waals surface area contributed by atoms with Gasteiger partial charge in [-0.3, -0.25) is 4.79 Å². The number of thiazole rings is 1. The summed E-state index contributed by atoms with van der Waals surface area (Å²) < 4.78 is 0. The molecule has 3 rings (SSSR count). The fraction of sp³-hybridized carbons (Fsp3) is 0.733. The summed E-state index contributed by atoms with van der Waals surface area (Å²) in [5.41, 5.74) is 0.821. The van der Waals surface area contributed by atoms with E-state index in [1.165, 1.54) is 30.8 Å². The minimum atomic E-state index is -0.729. The number of hydrogen-bond donors (Lipinski definition) is 1. The highest BCUT2D eigenvalue weighted by Gasteiger charge is 2.30. The number of carboxylic acids is 1. The van der Waals surface area contributed by atoms with E-state index in [4.69, 9.17) is 0 Å². The molecule has 0 saturated carbocycles. The van der Waals surface area contributed by atoms with Crippen molar-refractivity contribution in [1.29, 1.82) is 0 Å². The molecule has 2 heterocycles. The number of carbonyl (C=O) groups is 1. The van der Waals surface area contributed by atoms with Crippen LogP contribution >= 0.6 is 11.3 Å².